The van der Waals surface area contributed by atoms with Crippen molar-refractivity contribution in [1.82, 2.24) is 5.16 Å². The molecule has 0 spiro atoms. The molecule has 6 heteroatoms. The third kappa shape index (κ3) is 2.56. The Balaban J connectivity index is 2.47. The molecule has 1 aromatic carbocycles. The molecule has 0 unspecified atom stereocenters. The highest BCUT2D eigenvalue weighted by Crippen LogP contribution is 2.26. The molecule has 2 aromatic rings. The van der Waals surface area contributed by atoms with Crippen LogP contribution in [0.2, 0.25) is 0 Å². The van der Waals surface area contributed by atoms with E-state index in [2.05, 4.69) is 9.88 Å². The predicted octanol–water partition coefficient (Wildman–Crippen LogP) is 3.02. The summed E-state index contributed by atoms with van der Waals surface area (Å²) in [7, 11) is -3.69. The maximum atomic E-state index is 12.4. The highest BCUT2D eigenvalue weighted by atomic mass is 32.2. The molecule has 108 valence electrons. The van der Waals surface area contributed by atoms with Crippen LogP contribution in [0.4, 0.5) is 5.69 Å². The number of sulfonamides is 1. The minimum Gasteiger partial charge on any atom is -0.360 e. The van der Waals surface area contributed by atoms with Crippen LogP contribution in [0.3, 0.4) is 0 Å². The number of benzene rings is 1. The Bertz CT molecular complexity index is 741. The van der Waals surface area contributed by atoms with Gasteiger partial charge in [-0.15, -0.1) is 0 Å². The molecule has 0 aliphatic rings. The summed E-state index contributed by atoms with van der Waals surface area (Å²) in [5, 5.41) is 3.68. The lowest BCUT2D eigenvalue weighted by atomic mass is 10.1. The van der Waals surface area contributed by atoms with Crippen LogP contribution in [0.25, 0.3) is 0 Å². The van der Waals surface area contributed by atoms with Crippen molar-refractivity contribution in [3.05, 3.63) is 40.3 Å². The molecule has 0 aliphatic heterocycles. The standard InChI is InChI=1S/C14H18N2O3S/c1-8-6-10(3)13(7-9(8)2)16-20(17,18)14-11(4)15-19-12(14)5/h6-7,16H,1-5H3. The highest BCUT2D eigenvalue weighted by molar-refractivity contribution is 7.92. The lowest BCUT2D eigenvalue weighted by molar-refractivity contribution is 0.390. The van der Waals surface area contributed by atoms with Crippen LogP contribution in [0.1, 0.15) is 28.1 Å². The largest absolute Gasteiger partial charge is 0.360 e. The van der Waals surface area contributed by atoms with E-state index in [0.717, 1.165) is 16.7 Å². The molecule has 1 N–H and O–H groups in total. The molecule has 2 rings (SSSR count). The maximum Gasteiger partial charge on any atom is 0.267 e. The average Bonchev–Trinajstić information content (AvgIpc) is 2.66. The van der Waals surface area contributed by atoms with Crippen LogP contribution in [-0.2, 0) is 10.0 Å². The molecule has 0 radical (unpaired) electrons. The van der Waals surface area contributed by atoms with Crippen molar-refractivity contribution in [3.63, 3.8) is 0 Å². The van der Waals surface area contributed by atoms with E-state index in [4.69, 9.17) is 4.52 Å². The molecule has 0 bridgehead atoms. The minimum atomic E-state index is -3.69. The number of anilines is 1. The van der Waals surface area contributed by atoms with Gasteiger partial charge < -0.3 is 4.52 Å². The van der Waals surface area contributed by atoms with Crippen molar-refractivity contribution < 1.29 is 12.9 Å². The van der Waals surface area contributed by atoms with E-state index in [9.17, 15) is 8.42 Å². The van der Waals surface area contributed by atoms with Gasteiger partial charge in [0, 0.05) is 0 Å². The summed E-state index contributed by atoms with van der Waals surface area (Å²) in [6.45, 7) is 9.01. The second-order valence-electron chi connectivity index (χ2n) is 5.01. The zero-order chi connectivity index (χ0) is 15.1. The monoisotopic (exact) mass is 294 g/mol. The van der Waals surface area contributed by atoms with Crippen LogP contribution in [0, 0.1) is 34.6 Å². The summed E-state index contributed by atoms with van der Waals surface area (Å²) in [6, 6.07) is 3.79. The topological polar surface area (TPSA) is 72.2 Å². The van der Waals surface area contributed by atoms with E-state index in [1.165, 1.54) is 0 Å². The van der Waals surface area contributed by atoms with E-state index in [1.807, 2.05) is 32.9 Å². The Morgan fingerprint density at radius 1 is 1.00 bits per heavy atom. The predicted molar refractivity (Wildman–Crippen MR) is 77.4 cm³/mol. The van der Waals surface area contributed by atoms with Gasteiger partial charge in [0.2, 0.25) is 0 Å². The lowest BCUT2D eigenvalue weighted by Crippen LogP contribution is -2.15. The third-order valence-electron chi connectivity index (χ3n) is 3.32. The average molecular weight is 294 g/mol. The van der Waals surface area contributed by atoms with Crippen molar-refractivity contribution >= 4 is 15.7 Å². The quantitative estimate of drug-likeness (QED) is 0.944. The summed E-state index contributed by atoms with van der Waals surface area (Å²) in [5.74, 6) is 0.288. The summed E-state index contributed by atoms with van der Waals surface area (Å²) >= 11 is 0. The van der Waals surface area contributed by atoms with Crippen LogP contribution < -0.4 is 4.72 Å². The molecular weight excluding hydrogens is 276 g/mol. The van der Waals surface area contributed by atoms with Crippen molar-refractivity contribution in [2.24, 2.45) is 0 Å². The fourth-order valence-corrected chi connectivity index (χ4v) is 3.58. The number of nitrogens with zero attached hydrogens (tertiary/aromatic N) is 1. The molecule has 1 aromatic heterocycles. The van der Waals surface area contributed by atoms with E-state index in [0.29, 0.717) is 11.4 Å². The summed E-state index contributed by atoms with van der Waals surface area (Å²) < 4.78 is 32.4. The number of hydrogen-bond donors (Lipinski definition) is 1. The fourth-order valence-electron chi connectivity index (χ4n) is 2.12. The van der Waals surface area contributed by atoms with Gasteiger partial charge in [-0.25, -0.2) is 8.42 Å². The van der Waals surface area contributed by atoms with Gasteiger partial charge in [0.25, 0.3) is 10.0 Å². The summed E-state index contributed by atoms with van der Waals surface area (Å²) in [4.78, 5) is 0.107. The minimum absolute atomic E-state index is 0.107. The number of hydrogen-bond acceptors (Lipinski definition) is 4. The van der Waals surface area contributed by atoms with Gasteiger partial charge in [0.1, 0.15) is 5.69 Å². The molecule has 5 nitrogen and oxygen atoms in total. The lowest BCUT2D eigenvalue weighted by Gasteiger charge is -2.12. The van der Waals surface area contributed by atoms with Crippen LogP contribution in [-0.4, -0.2) is 13.6 Å². The Morgan fingerprint density at radius 2 is 1.60 bits per heavy atom. The second-order valence-corrected chi connectivity index (χ2v) is 6.63. The number of rotatable bonds is 3. The Labute approximate surface area is 119 Å². The molecule has 0 saturated carbocycles. The fraction of sp³-hybridized carbons (Fsp3) is 0.357. The van der Waals surface area contributed by atoms with Gasteiger partial charge in [-0.2, -0.15) is 0 Å². The van der Waals surface area contributed by atoms with Gasteiger partial charge in [-0.05, 0) is 57.4 Å². The number of nitrogens with one attached hydrogen (secondary N) is 1. The maximum absolute atomic E-state index is 12.4. The van der Waals surface area contributed by atoms with E-state index < -0.39 is 10.0 Å². The first-order chi connectivity index (χ1) is 9.22. The summed E-state index contributed by atoms with van der Waals surface area (Å²) in [6.07, 6.45) is 0. The molecule has 0 aliphatic carbocycles. The van der Waals surface area contributed by atoms with Crippen LogP contribution in [0.15, 0.2) is 21.6 Å². The van der Waals surface area contributed by atoms with E-state index in [-0.39, 0.29) is 10.7 Å². The SMILES string of the molecule is Cc1cc(C)c(NS(=O)(=O)c2c(C)noc2C)cc1C. The van der Waals surface area contributed by atoms with Crippen molar-refractivity contribution in [2.75, 3.05) is 4.72 Å². The van der Waals surface area contributed by atoms with Gasteiger partial charge >= 0.3 is 0 Å². The molecule has 0 amide bonds. The molecular formula is C14H18N2O3S. The Hall–Kier alpha value is -1.82. The van der Waals surface area contributed by atoms with Crippen LogP contribution >= 0.6 is 0 Å². The molecule has 0 saturated heterocycles. The Morgan fingerprint density at radius 3 is 2.15 bits per heavy atom. The zero-order valence-corrected chi connectivity index (χ0v) is 13.1. The highest BCUT2D eigenvalue weighted by Gasteiger charge is 2.24. The first kappa shape index (κ1) is 14.6. The first-order valence-electron chi connectivity index (χ1n) is 6.26. The third-order valence-corrected chi connectivity index (χ3v) is 4.93. The molecule has 20 heavy (non-hydrogen) atoms. The molecule has 0 fully saturated rings. The van der Waals surface area contributed by atoms with Crippen molar-refractivity contribution in [1.29, 1.82) is 0 Å². The number of aryl methyl sites for hydroxylation is 5. The van der Waals surface area contributed by atoms with Crippen molar-refractivity contribution in [2.45, 2.75) is 39.5 Å². The second kappa shape index (κ2) is 4.94. The molecule has 1 heterocycles. The first-order valence-corrected chi connectivity index (χ1v) is 7.74. The molecule has 0 atom stereocenters. The van der Waals surface area contributed by atoms with Gasteiger partial charge in [-0.1, -0.05) is 11.2 Å². The zero-order valence-electron chi connectivity index (χ0n) is 12.2. The van der Waals surface area contributed by atoms with Crippen LogP contribution in [0.5, 0.6) is 0 Å². The Kier molecular flexibility index (Phi) is 3.60. The smallest absolute Gasteiger partial charge is 0.267 e. The van der Waals surface area contributed by atoms with Crippen molar-refractivity contribution in [3.8, 4) is 0 Å². The van der Waals surface area contributed by atoms with E-state index in [1.54, 1.807) is 13.8 Å². The van der Waals surface area contributed by atoms with Gasteiger partial charge in [0.15, 0.2) is 10.7 Å². The summed E-state index contributed by atoms with van der Waals surface area (Å²) in [5.41, 5.74) is 3.97. The van der Waals surface area contributed by atoms with E-state index >= 15 is 0 Å². The number of aromatic nitrogens is 1. The van der Waals surface area contributed by atoms with Gasteiger partial charge in [-0.3, -0.25) is 4.72 Å². The van der Waals surface area contributed by atoms with Gasteiger partial charge in [0.05, 0.1) is 5.69 Å². The normalized spacial score (nSPS) is 11.7.